The standard InChI is InChI=1S/C21H18Cl2N2O3/c1-3-27-19-8-13-6-12(2)28-20(13)9-14(19)7-15(11-24)21(26)25-18-10-16(22)4-5-17(18)23/h4-5,7-10,12H,3,6H2,1-2H3,(H,25,26)/b15-7+/t12-/m1/s1. The number of nitriles is 1. The first-order chi connectivity index (χ1) is 13.4. The number of anilines is 1. The van der Waals surface area contributed by atoms with Gasteiger partial charge in [-0.25, -0.2) is 0 Å². The highest BCUT2D eigenvalue weighted by atomic mass is 35.5. The van der Waals surface area contributed by atoms with Crippen LogP contribution in [0.1, 0.15) is 25.0 Å². The Labute approximate surface area is 173 Å². The van der Waals surface area contributed by atoms with E-state index in [2.05, 4.69) is 5.32 Å². The van der Waals surface area contributed by atoms with Gasteiger partial charge in [0.1, 0.15) is 29.2 Å². The second kappa shape index (κ2) is 8.55. The van der Waals surface area contributed by atoms with E-state index < -0.39 is 5.91 Å². The summed E-state index contributed by atoms with van der Waals surface area (Å²) in [5, 5.41) is 12.9. The average Bonchev–Trinajstić information content (AvgIpc) is 3.01. The van der Waals surface area contributed by atoms with E-state index in [9.17, 15) is 10.1 Å². The fourth-order valence-electron chi connectivity index (χ4n) is 2.94. The third kappa shape index (κ3) is 4.41. The number of nitrogens with zero attached hydrogens (tertiary/aromatic N) is 1. The zero-order valence-corrected chi connectivity index (χ0v) is 16.9. The molecule has 2 aromatic carbocycles. The lowest BCUT2D eigenvalue weighted by atomic mass is 10.0. The summed E-state index contributed by atoms with van der Waals surface area (Å²) in [7, 11) is 0. The van der Waals surface area contributed by atoms with Crippen molar-refractivity contribution in [2.75, 3.05) is 11.9 Å². The van der Waals surface area contributed by atoms with Crippen molar-refractivity contribution >= 4 is 40.9 Å². The second-order valence-corrected chi connectivity index (χ2v) is 7.16. The molecule has 2 aromatic rings. The molecule has 1 amide bonds. The van der Waals surface area contributed by atoms with E-state index in [1.165, 1.54) is 12.1 Å². The summed E-state index contributed by atoms with van der Waals surface area (Å²) in [6.45, 7) is 4.32. The van der Waals surface area contributed by atoms with Crippen LogP contribution in [0, 0.1) is 11.3 Å². The number of fused-ring (bicyclic) bond motifs is 1. The number of rotatable bonds is 5. The SMILES string of the molecule is CCOc1cc2c(cc1/C=C(\C#N)C(=O)Nc1cc(Cl)ccc1Cl)O[C@H](C)C2. The Morgan fingerprint density at radius 1 is 1.39 bits per heavy atom. The summed E-state index contributed by atoms with van der Waals surface area (Å²) in [6, 6.07) is 10.3. The molecule has 0 saturated heterocycles. The van der Waals surface area contributed by atoms with Crippen molar-refractivity contribution in [1.82, 2.24) is 0 Å². The number of amides is 1. The molecule has 144 valence electrons. The van der Waals surface area contributed by atoms with Crippen LogP contribution in [0.4, 0.5) is 5.69 Å². The number of halogens is 2. The Morgan fingerprint density at radius 3 is 2.89 bits per heavy atom. The number of ether oxygens (including phenoxy) is 2. The van der Waals surface area contributed by atoms with Crippen LogP contribution in [-0.2, 0) is 11.2 Å². The third-order valence-electron chi connectivity index (χ3n) is 4.17. The van der Waals surface area contributed by atoms with E-state index in [0.29, 0.717) is 33.7 Å². The maximum absolute atomic E-state index is 12.6. The molecule has 0 aromatic heterocycles. The van der Waals surface area contributed by atoms with E-state index in [1.54, 1.807) is 18.2 Å². The normalized spacial score (nSPS) is 15.4. The Kier molecular flexibility index (Phi) is 6.13. The van der Waals surface area contributed by atoms with E-state index in [4.69, 9.17) is 32.7 Å². The molecule has 1 heterocycles. The average molecular weight is 417 g/mol. The Morgan fingerprint density at radius 2 is 2.18 bits per heavy atom. The van der Waals surface area contributed by atoms with Crippen molar-refractivity contribution < 1.29 is 14.3 Å². The lowest BCUT2D eigenvalue weighted by Gasteiger charge is -2.11. The minimum absolute atomic E-state index is 0.0763. The molecule has 0 fully saturated rings. The predicted molar refractivity (Wildman–Crippen MR) is 110 cm³/mol. The van der Waals surface area contributed by atoms with E-state index >= 15 is 0 Å². The van der Waals surface area contributed by atoms with Crippen molar-refractivity contribution in [3.63, 3.8) is 0 Å². The van der Waals surface area contributed by atoms with Gasteiger partial charge in [-0.2, -0.15) is 5.26 Å². The second-order valence-electron chi connectivity index (χ2n) is 6.31. The van der Waals surface area contributed by atoms with Gasteiger partial charge in [0.15, 0.2) is 0 Å². The summed E-state index contributed by atoms with van der Waals surface area (Å²) in [6.07, 6.45) is 2.34. The third-order valence-corrected chi connectivity index (χ3v) is 4.73. The lowest BCUT2D eigenvalue weighted by molar-refractivity contribution is -0.112. The molecule has 1 atom stereocenters. The fraction of sp³-hybridized carbons (Fsp3) is 0.238. The zero-order valence-electron chi connectivity index (χ0n) is 15.4. The molecule has 1 aliphatic rings. The molecule has 1 aliphatic heterocycles. The van der Waals surface area contributed by atoms with Crippen molar-refractivity contribution in [3.05, 3.63) is 57.1 Å². The Balaban J connectivity index is 1.94. The summed E-state index contributed by atoms with van der Waals surface area (Å²) in [5.74, 6) is 0.738. The summed E-state index contributed by atoms with van der Waals surface area (Å²) >= 11 is 12.0. The molecule has 0 aliphatic carbocycles. The van der Waals surface area contributed by atoms with Gasteiger partial charge in [-0.1, -0.05) is 23.2 Å². The first-order valence-corrected chi connectivity index (χ1v) is 9.51. The highest BCUT2D eigenvalue weighted by Crippen LogP contribution is 2.36. The zero-order chi connectivity index (χ0) is 20.3. The van der Waals surface area contributed by atoms with E-state index in [0.717, 1.165) is 17.7 Å². The van der Waals surface area contributed by atoms with Crippen LogP contribution in [0.2, 0.25) is 10.0 Å². The van der Waals surface area contributed by atoms with Crippen molar-refractivity contribution in [2.24, 2.45) is 0 Å². The highest BCUT2D eigenvalue weighted by molar-refractivity contribution is 6.36. The lowest BCUT2D eigenvalue weighted by Crippen LogP contribution is -2.14. The topological polar surface area (TPSA) is 71.3 Å². The monoisotopic (exact) mass is 416 g/mol. The maximum atomic E-state index is 12.6. The van der Waals surface area contributed by atoms with E-state index in [-0.39, 0.29) is 11.7 Å². The Hall–Kier alpha value is -2.68. The van der Waals surface area contributed by atoms with Crippen LogP contribution in [0.15, 0.2) is 35.9 Å². The Bertz CT molecular complexity index is 996. The molecule has 0 spiro atoms. The number of benzene rings is 2. The molecule has 7 heteroatoms. The highest BCUT2D eigenvalue weighted by Gasteiger charge is 2.22. The van der Waals surface area contributed by atoms with Crippen molar-refractivity contribution in [2.45, 2.75) is 26.4 Å². The summed E-state index contributed by atoms with van der Waals surface area (Å²) < 4.78 is 11.5. The van der Waals surface area contributed by atoms with Crippen molar-refractivity contribution in [1.29, 1.82) is 5.26 Å². The van der Waals surface area contributed by atoms with Gasteiger partial charge in [-0.15, -0.1) is 0 Å². The largest absolute Gasteiger partial charge is 0.493 e. The molecule has 3 rings (SSSR count). The quantitative estimate of drug-likeness (QED) is 0.532. The summed E-state index contributed by atoms with van der Waals surface area (Å²) in [4.78, 5) is 12.6. The fourth-order valence-corrected chi connectivity index (χ4v) is 3.27. The van der Waals surface area contributed by atoms with Gasteiger partial charge in [0.25, 0.3) is 5.91 Å². The molecule has 0 radical (unpaired) electrons. The minimum Gasteiger partial charge on any atom is -0.493 e. The minimum atomic E-state index is -0.594. The smallest absolute Gasteiger partial charge is 0.266 e. The maximum Gasteiger partial charge on any atom is 0.266 e. The van der Waals surface area contributed by atoms with Crippen LogP contribution < -0.4 is 14.8 Å². The van der Waals surface area contributed by atoms with Gasteiger partial charge in [0.2, 0.25) is 0 Å². The number of hydrogen-bond donors (Lipinski definition) is 1. The first kappa shape index (κ1) is 20.1. The van der Waals surface area contributed by atoms with Gasteiger partial charge >= 0.3 is 0 Å². The number of nitrogens with one attached hydrogen (secondary N) is 1. The van der Waals surface area contributed by atoms with Crippen LogP contribution >= 0.6 is 23.2 Å². The molecular formula is C21H18Cl2N2O3. The van der Waals surface area contributed by atoms with Crippen molar-refractivity contribution in [3.8, 4) is 17.6 Å². The van der Waals surface area contributed by atoms with Gasteiger partial charge < -0.3 is 14.8 Å². The van der Waals surface area contributed by atoms with Crippen LogP contribution in [0.3, 0.4) is 0 Å². The summed E-state index contributed by atoms with van der Waals surface area (Å²) in [5.41, 5.74) is 1.87. The van der Waals surface area contributed by atoms with E-state index in [1.807, 2.05) is 26.0 Å². The van der Waals surface area contributed by atoms with Crippen LogP contribution in [0.25, 0.3) is 6.08 Å². The molecule has 28 heavy (non-hydrogen) atoms. The van der Waals surface area contributed by atoms with Gasteiger partial charge in [-0.3, -0.25) is 4.79 Å². The predicted octanol–water partition coefficient (Wildman–Crippen LogP) is 5.26. The molecule has 1 N–H and O–H groups in total. The first-order valence-electron chi connectivity index (χ1n) is 8.75. The van der Waals surface area contributed by atoms with Gasteiger partial charge in [0.05, 0.1) is 17.3 Å². The van der Waals surface area contributed by atoms with Crippen LogP contribution in [-0.4, -0.2) is 18.6 Å². The molecule has 0 saturated carbocycles. The number of carbonyl (C=O) groups is 1. The molecule has 0 unspecified atom stereocenters. The molecule has 5 nitrogen and oxygen atoms in total. The van der Waals surface area contributed by atoms with Gasteiger partial charge in [-0.05, 0) is 50.3 Å². The number of hydrogen-bond acceptors (Lipinski definition) is 4. The van der Waals surface area contributed by atoms with Gasteiger partial charge in [0, 0.05) is 22.6 Å². The number of carbonyl (C=O) groups excluding carboxylic acids is 1. The van der Waals surface area contributed by atoms with Crippen LogP contribution in [0.5, 0.6) is 11.5 Å². The molecular weight excluding hydrogens is 399 g/mol. The molecule has 0 bridgehead atoms.